The van der Waals surface area contributed by atoms with Crippen molar-refractivity contribution in [1.82, 2.24) is 0 Å². The molecule has 0 saturated carbocycles. The molecule has 1 N–H and O–H groups in total. The molecule has 1 aromatic rings. The molecule has 0 spiro atoms. The van der Waals surface area contributed by atoms with Crippen LogP contribution in [-0.4, -0.2) is 16.6 Å². The zero-order valence-corrected chi connectivity index (χ0v) is 8.87. The third-order valence-corrected chi connectivity index (χ3v) is 2.35. The predicted octanol–water partition coefficient (Wildman–Crippen LogP) is 2.04. The minimum atomic E-state index is -1.79. The molecule has 0 radical (unpaired) electrons. The van der Waals surface area contributed by atoms with Crippen molar-refractivity contribution in [3.63, 3.8) is 0 Å². The molecule has 0 aliphatic heterocycles. The monoisotopic (exact) mass is 281 g/mol. The zero-order valence-electron chi connectivity index (χ0n) is 7.28. The van der Waals surface area contributed by atoms with Crippen molar-refractivity contribution in [3.8, 4) is 0 Å². The molecule has 1 aromatic carbocycles. The highest BCUT2D eigenvalue weighted by atomic mass is 79.9. The molecule has 1 rings (SSSR count). The van der Waals surface area contributed by atoms with E-state index < -0.39 is 34.8 Å². The maximum atomic E-state index is 13.3. The van der Waals surface area contributed by atoms with Gasteiger partial charge in [0.15, 0.2) is 0 Å². The first kappa shape index (κ1) is 12.0. The molecular weight excluding hydrogens is 276 g/mol. The van der Waals surface area contributed by atoms with E-state index in [0.29, 0.717) is 0 Å². The van der Waals surface area contributed by atoms with Gasteiger partial charge in [-0.15, -0.1) is 0 Å². The van der Waals surface area contributed by atoms with Crippen LogP contribution in [0.1, 0.15) is 11.7 Å². The molecule has 82 valence electrons. The van der Waals surface area contributed by atoms with Crippen LogP contribution < -0.4 is 0 Å². The average molecular weight is 282 g/mol. The first-order chi connectivity index (χ1) is 6.93. The highest BCUT2D eigenvalue weighted by Gasteiger charge is 2.23. The van der Waals surface area contributed by atoms with E-state index in [0.717, 1.165) is 12.1 Å². The van der Waals surface area contributed by atoms with E-state index in [2.05, 4.69) is 15.9 Å². The fourth-order valence-electron chi connectivity index (χ4n) is 1.08. The zero-order chi connectivity index (χ0) is 11.6. The molecule has 4 nitrogen and oxygen atoms in total. The van der Waals surface area contributed by atoms with Gasteiger partial charge < -0.3 is 5.11 Å². The third-order valence-electron chi connectivity index (χ3n) is 1.73. The van der Waals surface area contributed by atoms with Crippen LogP contribution in [0.5, 0.6) is 0 Å². The van der Waals surface area contributed by atoms with E-state index in [1.807, 2.05) is 0 Å². The van der Waals surface area contributed by atoms with Gasteiger partial charge in [-0.05, 0) is 28.1 Å². The largest absolute Gasteiger partial charge is 0.381 e. The van der Waals surface area contributed by atoms with Crippen LogP contribution >= 0.6 is 15.9 Å². The minimum Gasteiger partial charge on any atom is -0.381 e. The number of hydrogen-bond donors (Lipinski definition) is 1. The minimum absolute atomic E-state index is 0.0544. The van der Waals surface area contributed by atoms with Crippen LogP contribution in [0.3, 0.4) is 0 Å². The number of nitrogens with zero attached hydrogens (tertiary/aromatic N) is 1. The Kier molecular flexibility index (Phi) is 3.70. The molecule has 1 atom stereocenters. The second-order valence-electron chi connectivity index (χ2n) is 2.79. The summed E-state index contributed by atoms with van der Waals surface area (Å²) in [7, 11) is 0. The Hall–Kier alpha value is -1.08. The quantitative estimate of drug-likeness (QED) is 0.524. The Morgan fingerprint density at radius 2 is 2.13 bits per heavy atom. The normalized spacial score (nSPS) is 12.5. The van der Waals surface area contributed by atoms with Gasteiger partial charge in [0.2, 0.25) is 6.54 Å². The predicted molar refractivity (Wildman–Crippen MR) is 50.9 cm³/mol. The Bertz CT molecular complexity index is 400. The lowest BCUT2D eigenvalue weighted by atomic mass is 10.1. The van der Waals surface area contributed by atoms with E-state index in [9.17, 15) is 24.0 Å². The number of halogens is 3. The summed E-state index contributed by atoms with van der Waals surface area (Å²) >= 11 is 2.79. The molecule has 0 bridgehead atoms. The Morgan fingerprint density at radius 3 is 2.67 bits per heavy atom. The number of benzene rings is 1. The van der Waals surface area contributed by atoms with Crippen LogP contribution in [0.25, 0.3) is 0 Å². The molecule has 0 fully saturated rings. The average Bonchev–Trinajstić information content (AvgIpc) is 2.11. The molecule has 0 aliphatic carbocycles. The van der Waals surface area contributed by atoms with Crippen molar-refractivity contribution < 1.29 is 18.8 Å². The number of nitro groups is 1. The van der Waals surface area contributed by atoms with Crippen molar-refractivity contribution in [2.45, 2.75) is 6.10 Å². The lowest BCUT2D eigenvalue weighted by Crippen LogP contribution is -2.15. The number of hydrogen-bond acceptors (Lipinski definition) is 3. The van der Waals surface area contributed by atoms with Crippen molar-refractivity contribution in [2.24, 2.45) is 0 Å². The standard InChI is InChI=1S/C8H6BrF2NO3/c9-4-1-2-5(10)7(8(4)11)6(13)3-12(14)15/h1-2,6,13H,3H2. The van der Waals surface area contributed by atoms with Crippen molar-refractivity contribution in [2.75, 3.05) is 6.54 Å². The highest BCUT2D eigenvalue weighted by Crippen LogP contribution is 2.26. The van der Waals surface area contributed by atoms with Gasteiger partial charge in [-0.25, -0.2) is 8.78 Å². The Balaban J connectivity index is 3.12. The molecule has 1 unspecified atom stereocenters. The number of rotatable bonds is 3. The molecule has 0 aromatic heterocycles. The van der Waals surface area contributed by atoms with E-state index in [1.54, 1.807) is 0 Å². The van der Waals surface area contributed by atoms with Crippen LogP contribution in [0.2, 0.25) is 0 Å². The lowest BCUT2D eigenvalue weighted by molar-refractivity contribution is -0.491. The van der Waals surface area contributed by atoms with Gasteiger partial charge in [0.05, 0.1) is 10.0 Å². The molecular formula is C8H6BrF2NO3. The lowest BCUT2D eigenvalue weighted by Gasteiger charge is -2.09. The van der Waals surface area contributed by atoms with Crippen LogP contribution in [-0.2, 0) is 0 Å². The van der Waals surface area contributed by atoms with Gasteiger partial charge in [-0.3, -0.25) is 10.1 Å². The summed E-state index contributed by atoms with van der Waals surface area (Å²) in [5.41, 5.74) is -0.693. The molecule has 0 aliphatic rings. The van der Waals surface area contributed by atoms with E-state index in [1.165, 1.54) is 0 Å². The number of aliphatic hydroxyl groups is 1. The van der Waals surface area contributed by atoms with Gasteiger partial charge in [0, 0.05) is 4.92 Å². The van der Waals surface area contributed by atoms with Crippen LogP contribution in [0, 0.1) is 21.7 Å². The van der Waals surface area contributed by atoms with E-state index in [-0.39, 0.29) is 4.47 Å². The number of aliphatic hydroxyl groups excluding tert-OH is 1. The summed E-state index contributed by atoms with van der Waals surface area (Å²) in [6.07, 6.45) is -1.79. The summed E-state index contributed by atoms with van der Waals surface area (Å²) in [4.78, 5) is 9.24. The van der Waals surface area contributed by atoms with E-state index >= 15 is 0 Å². The summed E-state index contributed by atoms with van der Waals surface area (Å²) in [5, 5.41) is 19.3. The summed E-state index contributed by atoms with van der Waals surface area (Å²) in [6.45, 7) is -0.940. The molecule has 0 heterocycles. The summed E-state index contributed by atoms with van der Waals surface area (Å²) in [6, 6.07) is 2.04. The first-order valence-electron chi connectivity index (χ1n) is 3.86. The highest BCUT2D eigenvalue weighted by molar-refractivity contribution is 9.10. The van der Waals surface area contributed by atoms with Gasteiger partial charge in [-0.2, -0.15) is 0 Å². The topological polar surface area (TPSA) is 63.4 Å². The van der Waals surface area contributed by atoms with E-state index in [4.69, 9.17) is 0 Å². The van der Waals surface area contributed by atoms with Crippen LogP contribution in [0.4, 0.5) is 8.78 Å². The Morgan fingerprint density at radius 1 is 1.53 bits per heavy atom. The summed E-state index contributed by atoms with van der Waals surface area (Å²) in [5.74, 6) is -2.03. The van der Waals surface area contributed by atoms with Gasteiger partial charge in [0.1, 0.15) is 17.7 Å². The maximum Gasteiger partial charge on any atom is 0.233 e. The van der Waals surface area contributed by atoms with Crippen LogP contribution in [0.15, 0.2) is 16.6 Å². The van der Waals surface area contributed by atoms with Crippen molar-refractivity contribution in [1.29, 1.82) is 0 Å². The van der Waals surface area contributed by atoms with Gasteiger partial charge >= 0.3 is 0 Å². The molecule has 0 saturated heterocycles. The Labute approximate surface area is 91.8 Å². The molecule has 0 amide bonds. The van der Waals surface area contributed by atoms with Crippen molar-refractivity contribution >= 4 is 15.9 Å². The van der Waals surface area contributed by atoms with Gasteiger partial charge in [0.25, 0.3) is 0 Å². The first-order valence-corrected chi connectivity index (χ1v) is 4.66. The molecule has 15 heavy (non-hydrogen) atoms. The third kappa shape index (κ3) is 2.69. The van der Waals surface area contributed by atoms with Gasteiger partial charge in [-0.1, -0.05) is 0 Å². The smallest absolute Gasteiger partial charge is 0.233 e. The van der Waals surface area contributed by atoms with Crippen molar-refractivity contribution in [3.05, 3.63) is 43.9 Å². The summed E-state index contributed by atoms with van der Waals surface area (Å²) < 4.78 is 26.3. The second-order valence-corrected chi connectivity index (χ2v) is 3.64. The molecule has 7 heteroatoms. The maximum absolute atomic E-state index is 13.3. The fraction of sp³-hybridized carbons (Fsp3) is 0.250. The second kappa shape index (κ2) is 4.63. The SMILES string of the molecule is O=[N+]([O-])CC(O)c1c(F)ccc(Br)c1F. The fourth-order valence-corrected chi connectivity index (χ4v) is 1.43.